The number of aromatic nitrogens is 1. The highest BCUT2D eigenvalue weighted by Gasteiger charge is 2.11. The summed E-state index contributed by atoms with van der Waals surface area (Å²) < 4.78 is 1.09. The van der Waals surface area contributed by atoms with Crippen molar-refractivity contribution >= 4 is 44.6 Å². The minimum absolute atomic E-state index is 0.170. The number of halogens is 1. The van der Waals surface area contributed by atoms with Crippen LogP contribution in [0.5, 0.6) is 0 Å². The Kier molecular flexibility index (Phi) is 3.19. The van der Waals surface area contributed by atoms with Crippen molar-refractivity contribution in [3.05, 3.63) is 58.7 Å². The van der Waals surface area contributed by atoms with Crippen LogP contribution in [0, 0.1) is 0 Å². The fourth-order valence-electron chi connectivity index (χ4n) is 1.76. The van der Waals surface area contributed by atoms with Crippen molar-refractivity contribution in [2.24, 2.45) is 0 Å². The molecule has 0 fully saturated rings. The van der Waals surface area contributed by atoms with Gasteiger partial charge < -0.3 is 5.32 Å². The Morgan fingerprint density at radius 2 is 2.05 bits per heavy atom. The summed E-state index contributed by atoms with van der Waals surface area (Å²) in [5.41, 5.74) is 0.520. The number of fused-ring (bicyclic) bond motifs is 1. The second-order valence-corrected chi connectivity index (χ2v) is 5.39. The number of pyridine rings is 1. The monoisotopic (exact) mass is 288 g/mol. The van der Waals surface area contributed by atoms with Crippen molar-refractivity contribution in [1.82, 2.24) is 4.98 Å². The molecule has 0 spiro atoms. The molecule has 0 aliphatic carbocycles. The molecule has 2 aromatic heterocycles. The third-order valence-electron chi connectivity index (χ3n) is 2.66. The van der Waals surface area contributed by atoms with E-state index in [2.05, 4.69) is 10.3 Å². The molecule has 0 aliphatic rings. The molecular weight excluding hydrogens is 280 g/mol. The third kappa shape index (κ3) is 2.45. The molecule has 0 saturated carbocycles. The van der Waals surface area contributed by atoms with Gasteiger partial charge in [-0.15, -0.1) is 11.3 Å². The van der Waals surface area contributed by atoms with Gasteiger partial charge in [0.05, 0.1) is 10.6 Å². The van der Waals surface area contributed by atoms with Gasteiger partial charge in [-0.05, 0) is 29.7 Å². The van der Waals surface area contributed by atoms with Crippen molar-refractivity contribution in [3.8, 4) is 0 Å². The number of hydrogen-bond donors (Lipinski definition) is 1. The van der Waals surface area contributed by atoms with E-state index in [4.69, 9.17) is 11.6 Å². The van der Waals surface area contributed by atoms with Crippen molar-refractivity contribution < 1.29 is 4.79 Å². The van der Waals surface area contributed by atoms with Crippen molar-refractivity contribution in [1.29, 1.82) is 0 Å². The van der Waals surface area contributed by atoms with Crippen molar-refractivity contribution in [2.75, 3.05) is 5.32 Å². The average molecular weight is 289 g/mol. The number of carbonyl (C=O) groups is 1. The van der Waals surface area contributed by atoms with E-state index in [1.54, 1.807) is 18.3 Å². The molecule has 1 N–H and O–H groups in total. The Labute approximate surface area is 118 Å². The van der Waals surface area contributed by atoms with Gasteiger partial charge >= 0.3 is 0 Å². The van der Waals surface area contributed by atoms with E-state index < -0.39 is 0 Å². The molecule has 0 radical (unpaired) electrons. The van der Waals surface area contributed by atoms with E-state index in [0.29, 0.717) is 10.6 Å². The van der Waals surface area contributed by atoms with Crippen LogP contribution in [0.1, 0.15) is 9.67 Å². The van der Waals surface area contributed by atoms with Crippen LogP contribution >= 0.6 is 22.9 Å². The Morgan fingerprint density at radius 3 is 2.84 bits per heavy atom. The Balaban J connectivity index is 1.90. The number of benzene rings is 1. The molecule has 3 aromatic rings. The van der Waals surface area contributed by atoms with Gasteiger partial charge in [0.2, 0.25) is 0 Å². The second-order valence-electron chi connectivity index (χ2n) is 3.94. The van der Waals surface area contributed by atoms with Crippen LogP contribution in [0.25, 0.3) is 10.1 Å². The zero-order valence-electron chi connectivity index (χ0n) is 9.76. The molecule has 3 rings (SSSR count). The van der Waals surface area contributed by atoms with Gasteiger partial charge in [0, 0.05) is 10.9 Å². The van der Waals surface area contributed by atoms with E-state index in [-0.39, 0.29) is 11.1 Å². The summed E-state index contributed by atoms with van der Waals surface area (Å²) in [5.74, 6) is -0.170. The first-order valence-corrected chi connectivity index (χ1v) is 6.84. The standard InChI is InChI=1S/C14H9ClN2OS/c15-13-10(5-3-7-16-13)17-14(18)12-8-9-4-1-2-6-11(9)19-12/h1-8H,(H,17,18). The first-order chi connectivity index (χ1) is 9.24. The number of rotatable bonds is 2. The summed E-state index contributed by atoms with van der Waals surface area (Å²) in [6.07, 6.45) is 1.58. The Morgan fingerprint density at radius 1 is 1.21 bits per heavy atom. The maximum absolute atomic E-state index is 12.1. The van der Waals surface area contributed by atoms with E-state index in [0.717, 1.165) is 10.1 Å². The van der Waals surface area contributed by atoms with Crippen LogP contribution in [0.15, 0.2) is 48.7 Å². The minimum Gasteiger partial charge on any atom is -0.319 e. The molecule has 1 amide bonds. The Bertz CT molecular complexity index is 721. The van der Waals surface area contributed by atoms with Crippen molar-refractivity contribution in [2.45, 2.75) is 0 Å². The first kappa shape index (κ1) is 12.1. The fourth-order valence-corrected chi connectivity index (χ4v) is 2.88. The lowest BCUT2D eigenvalue weighted by Gasteiger charge is -2.03. The lowest BCUT2D eigenvalue weighted by molar-refractivity contribution is 0.103. The fraction of sp³-hybridized carbons (Fsp3) is 0. The normalized spacial score (nSPS) is 10.6. The molecule has 1 aromatic carbocycles. The molecule has 0 atom stereocenters. The highest BCUT2D eigenvalue weighted by atomic mass is 35.5. The van der Waals surface area contributed by atoms with Crippen LogP contribution in [-0.2, 0) is 0 Å². The average Bonchev–Trinajstić information content (AvgIpc) is 2.85. The maximum Gasteiger partial charge on any atom is 0.265 e. The number of carbonyl (C=O) groups excluding carboxylic acids is 1. The van der Waals surface area contributed by atoms with Crippen LogP contribution in [0.2, 0.25) is 5.15 Å². The van der Waals surface area contributed by atoms with Gasteiger partial charge in [0.25, 0.3) is 5.91 Å². The predicted octanol–water partition coefficient (Wildman–Crippen LogP) is 4.20. The molecular formula is C14H9ClN2OS. The molecule has 0 unspecified atom stereocenters. The van der Waals surface area contributed by atoms with Gasteiger partial charge in [-0.25, -0.2) is 4.98 Å². The smallest absolute Gasteiger partial charge is 0.265 e. The Hall–Kier alpha value is -1.91. The summed E-state index contributed by atoms with van der Waals surface area (Å²) >= 11 is 7.37. The minimum atomic E-state index is -0.170. The summed E-state index contributed by atoms with van der Waals surface area (Å²) in [7, 11) is 0. The number of nitrogens with one attached hydrogen (secondary N) is 1. The lowest BCUT2D eigenvalue weighted by Crippen LogP contribution is -2.10. The number of nitrogens with zero attached hydrogens (tertiary/aromatic N) is 1. The maximum atomic E-state index is 12.1. The second kappa shape index (κ2) is 4.99. The first-order valence-electron chi connectivity index (χ1n) is 5.64. The van der Waals surface area contributed by atoms with Gasteiger partial charge in [0.1, 0.15) is 0 Å². The van der Waals surface area contributed by atoms with Gasteiger partial charge in [0.15, 0.2) is 5.15 Å². The van der Waals surface area contributed by atoms with Gasteiger partial charge in [-0.2, -0.15) is 0 Å². The largest absolute Gasteiger partial charge is 0.319 e. The van der Waals surface area contributed by atoms with Crippen LogP contribution in [-0.4, -0.2) is 10.9 Å². The predicted molar refractivity (Wildman–Crippen MR) is 79.0 cm³/mol. The SMILES string of the molecule is O=C(Nc1cccnc1Cl)c1cc2ccccc2s1. The molecule has 5 heteroatoms. The molecule has 0 saturated heterocycles. The van der Waals surface area contributed by atoms with Crippen LogP contribution < -0.4 is 5.32 Å². The van der Waals surface area contributed by atoms with Crippen LogP contribution in [0.4, 0.5) is 5.69 Å². The van der Waals surface area contributed by atoms with Gasteiger partial charge in [-0.1, -0.05) is 29.8 Å². The van der Waals surface area contributed by atoms with Crippen molar-refractivity contribution in [3.63, 3.8) is 0 Å². The molecule has 19 heavy (non-hydrogen) atoms. The molecule has 2 heterocycles. The third-order valence-corrected chi connectivity index (χ3v) is 4.07. The highest BCUT2D eigenvalue weighted by molar-refractivity contribution is 7.20. The summed E-state index contributed by atoms with van der Waals surface area (Å²) in [5, 5.41) is 4.12. The van der Waals surface area contributed by atoms with E-state index in [1.807, 2.05) is 30.3 Å². The van der Waals surface area contributed by atoms with Gasteiger partial charge in [-0.3, -0.25) is 4.79 Å². The topological polar surface area (TPSA) is 42.0 Å². The molecule has 0 bridgehead atoms. The number of hydrogen-bond acceptors (Lipinski definition) is 3. The zero-order chi connectivity index (χ0) is 13.2. The molecule has 0 aliphatic heterocycles. The summed E-state index contributed by atoms with van der Waals surface area (Å²) in [6, 6.07) is 13.2. The molecule has 3 nitrogen and oxygen atoms in total. The summed E-state index contributed by atoms with van der Waals surface area (Å²) in [6.45, 7) is 0. The summed E-state index contributed by atoms with van der Waals surface area (Å²) in [4.78, 5) is 16.7. The highest BCUT2D eigenvalue weighted by Crippen LogP contribution is 2.26. The number of amides is 1. The zero-order valence-corrected chi connectivity index (χ0v) is 11.3. The van der Waals surface area contributed by atoms with Crippen LogP contribution in [0.3, 0.4) is 0 Å². The quantitative estimate of drug-likeness (QED) is 0.718. The van der Waals surface area contributed by atoms with E-state index in [9.17, 15) is 4.79 Å². The van der Waals surface area contributed by atoms with E-state index >= 15 is 0 Å². The number of thiophene rings is 1. The molecule has 94 valence electrons. The lowest BCUT2D eigenvalue weighted by atomic mass is 10.2. The number of anilines is 1. The van der Waals surface area contributed by atoms with E-state index in [1.165, 1.54) is 11.3 Å².